The Hall–Kier alpha value is -1.23. The molecule has 0 amide bonds. The van der Waals surface area contributed by atoms with Gasteiger partial charge in [-0.25, -0.2) is 9.18 Å². The van der Waals surface area contributed by atoms with Crippen LogP contribution in [-0.2, 0) is 4.79 Å². The largest absolute Gasteiger partial charge is 0.475 e. The Bertz CT molecular complexity index is 455. The van der Waals surface area contributed by atoms with Crippen molar-refractivity contribution in [2.24, 2.45) is 0 Å². The van der Waals surface area contributed by atoms with E-state index in [2.05, 4.69) is 15.9 Å². The van der Waals surface area contributed by atoms with E-state index in [1.807, 2.05) is 0 Å². The second-order valence-corrected chi connectivity index (χ2v) is 4.50. The van der Waals surface area contributed by atoms with Gasteiger partial charge in [-0.1, -0.05) is 13.8 Å². The minimum atomic E-state index is -1.55. The Balaban J connectivity index is 3.35. The van der Waals surface area contributed by atoms with Crippen molar-refractivity contribution in [3.8, 4) is 0 Å². The number of carboxylic acids is 1. The van der Waals surface area contributed by atoms with Gasteiger partial charge in [0, 0.05) is 5.56 Å². The molecule has 0 aliphatic carbocycles. The minimum Gasteiger partial charge on any atom is -0.475 e. The van der Waals surface area contributed by atoms with Crippen LogP contribution in [0.3, 0.4) is 0 Å². The molecule has 0 aromatic heterocycles. The first-order valence-corrected chi connectivity index (χ1v) is 5.40. The maximum atomic E-state index is 13.6. The SMILES string of the molecule is CC(C)c1cc(C(=O)C(=O)O)cc(Br)c1F. The third-order valence-corrected chi connectivity index (χ3v) is 2.71. The number of hydrogen-bond acceptors (Lipinski definition) is 2. The topological polar surface area (TPSA) is 54.4 Å². The maximum Gasteiger partial charge on any atom is 0.377 e. The molecule has 16 heavy (non-hydrogen) atoms. The predicted octanol–water partition coefficient (Wildman–Crippen LogP) is 2.98. The number of ketones is 1. The summed E-state index contributed by atoms with van der Waals surface area (Å²) in [5.41, 5.74) is 0.295. The van der Waals surface area contributed by atoms with Crippen LogP contribution in [0.25, 0.3) is 0 Å². The number of carbonyl (C=O) groups is 2. The molecule has 0 heterocycles. The first-order valence-electron chi connectivity index (χ1n) is 4.61. The van der Waals surface area contributed by atoms with Gasteiger partial charge in [-0.3, -0.25) is 4.79 Å². The van der Waals surface area contributed by atoms with E-state index >= 15 is 0 Å². The molecular formula is C11H10BrFO3. The smallest absolute Gasteiger partial charge is 0.377 e. The molecule has 0 bridgehead atoms. The van der Waals surface area contributed by atoms with Crippen LogP contribution < -0.4 is 0 Å². The summed E-state index contributed by atoms with van der Waals surface area (Å²) in [6, 6.07) is 2.46. The molecule has 0 unspecified atom stereocenters. The van der Waals surface area contributed by atoms with Crippen LogP contribution in [0.15, 0.2) is 16.6 Å². The number of carboxylic acid groups (broad SMARTS) is 1. The lowest BCUT2D eigenvalue weighted by Crippen LogP contribution is -2.13. The van der Waals surface area contributed by atoms with Crippen molar-refractivity contribution >= 4 is 27.7 Å². The van der Waals surface area contributed by atoms with E-state index in [0.29, 0.717) is 5.56 Å². The number of hydrogen-bond donors (Lipinski definition) is 1. The Labute approximate surface area is 100 Å². The highest BCUT2D eigenvalue weighted by Crippen LogP contribution is 2.27. The summed E-state index contributed by atoms with van der Waals surface area (Å²) in [5.74, 6) is -3.18. The van der Waals surface area contributed by atoms with E-state index in [0.717, 1.165) is 0 Å². The normalized spacial score (nSPS) is 10.6. The van der Waals surface area contributed by atoms with Gasteiger partial charge in [-0.05, 0) is 39.5 Å². The van der Waals surface area contributed by atoms with Crippen LogP contribution in [0.2, 0.25) is 0 Å². The third kappa shape index (κ3) is 2.47. The molecule has 3 nitrogen and oxygen atoms in total. The second kappa shape index (κ2) is 4.74. The van der Waals surface area contributed by atoms with Crippen LogP contribution >= 0.6 is 15.9 Å². The molecule has 0 aliphatic rings. The van der Waals surface area contributed by atoms with Gasteiger partial charge < -0.3 is 5.11 Å². The summed E-state index contributed by atoms with van der Waals surface area (Å²) in [5, 5.41) is 8.57. The molecule has 1 N–H and O–H groups in total. The standard InChI is InChI=1S/C11H10BrFO3/c1-5(2)7-3-6(10(14)11(15)16)4-8(12)9(7)13/h3-5H,1-2H3,(H,15,16). The predicted molar refractivity (Wildman–Crippen MR) is 60.2 cm³/mol. The average molecular weight is 289 g/mol. The first kappa shape index (κ1) is 12.8. The Morgan fingerprint density at radius 3 is 2.38 bits per heavy atom. The van der Waals surface area contributed by atoms with Crippen LogP contribution in [0.4, 0.5) is 4.39 Å². The van der Waals surface area contributed by atoms with Gasteiger partial charge in [0.2, 0.25) is 0 Å². The lowest BCUT2D eigenvalue weighted by atomic mass is 9.98. The Kier molecular flexibility index (Phi) is 3.80. The first-order chi connectivity index (χ1) is 7.34. The number of rotatable bonds is 3. The van der Waals surface area contributed by atoms with E-state index in [1.54, 1.807) is 13.8 Å². The van der Waals surface area contributed by atoms with E-state index in [1.165, 1.54) is 12.1 Å². The summed E-state index contributed by atoms with van der Waals surface area (Å²) in [7, 11) is 0. The van der Waals surface area contributed by atoms with Crippen molar-refractivity contribution in [2.45, 2.75) is 19.8 Å². The molecule has 0 radical (unpaired) electrons. The summed E-state index contributed by atoms with van der Waals surface area (Å²) in [4.78, 5) is 21.8. The molecule has 0 fully saturated rings. The highest BCUT2D eigenvalue weighted by atomic mass is 79.9. The maximum absolute atomic E-state index is 13.6. The summed E-state index contributed by atoms with van der Waals surface area (Å²) in [6.07, 6.45) is 0. The highest BCUT2D eigenvalue weighted by molar-refractivity contribution is 9.10. The minimum absolute atomic E-state index is 0.0236. The summed E-state index contributed by atoms with van der Waals surface area (Å²) in [6.45, 7) is 3.53. The summed E-state index contributed by atoms with van der Waals surface area (Å²) < 4.78 is 13.7. The van der Waals surface area contributed by atoms with Gasteiger partial charge in [-0.15, -0.1) is 0 Å². The van der Waals surface area contributed by atoms with Gasteiger partial charge >= 0.3 is 5.97 Å². The number of aliphatic carboxylic acids is 1. The molecule has 1 rings (SSSR count). The van der Waals surface area contributed by atoms with Crippen LogP contribution in [0, 0.1) is 5.82 Å². The van der Waals surface area contributed by atoms with E-state index < -0.39 is 17.6 Å². The van der Waals surface area contributed by atoms with Crippen LogP contribution in [0.5, 0.6) is 0 Å². The van der Waals surface area contributed by atoms with E-state index in [-0.39, 0.29) is 16.0 Å². The molecule has 5 heteroatoms. The zero-order valence-corrected chi connectivity index (χ0v) is 10.3. The van der Waals surface area contributed by atoms with Crippen LogP contribution in [-0.4, -0.2) is 16.9 Å². The number of carbonyl (C=O) groups excluding carboxylic acids is 1. The molecule has 1 aromatic carbocycles. The van der Waals surface area contributed by atoms with E-state index in [9.17, 15) is 14.0 Å². The van der Waals surface area contributed by atoms with Crippen molar-refractivity contribution in [2.75, 3.05) is 0 Å². The van der Waals surface area contributed by atoms with Gasteiger partial charge in [0.25, 0.3) is 5.78 Å². The van der Waals surface area contributed by atoms with Gasteiger partial charge in [0.15, 0.2) is 0 Å². The fraction of sp³-hybridized carbons (Fsp3) is 0.273. The fourth-order valence-electron chi connectivity index (χ4n) is 1.29. The van der Waals surface area contributed by atoms with Crippen molar-refractivity contribution < 1.29 is 19.1 Å². The van der Waals surface area contributed by atoms with Crippen LogP contribution in [0.1, 0.15) is 35.7 Å². The second-order valence-electron chi connectivity index (χ2n) is 3.65. The lowest BCUT2D eigenvalue weighted by Gasteiger charge is -2.10. The van der Waals surface area contributed by atoms with Crippen molar-refractivity contribution in [1.82, 2.24) is 0 Å². The highest BCUT2D eigenvalue weighted by Gasteiger charge is 2.19. The zero-order chi connectivity index (χ0) is 12.5. The third-order valence-electron chi connectivity index (χ3n) is 2.13. The number of Topliss-reactive ketones (excluding diaryl/α,β-unsaturated/α-hetero) is 1. The van der Waals surface area contributed by atoms with Gasteiger partial charge in [0.05, 0.1) is 4.47 Å². The quantitative estimate of drug-likeness (QED) is 0.687. The Morgan fingerprint density at radius 1 is 1.38 bits per heavy atom. The lowest BCUT2D eigenvalue weighted by molar-refractivity contribution is -0.131. The van der Waals surface area contributed by atoms with Gasteiger partial charge in [-0.2, -0.15) is 0 Å². The Morgan fingerprint density at radius 2 is 1.94 bits per heavy atom. The molecule has 0 saturated heterocycles. The van der Waals surface area contributed by atoms with Gasteiger partial charge in [0.1, 0.15) is 5.82 Å². The van der Waals surface area contributed by atoms with E-state index in [4.69, 9.17) is 5.11 Å². The number of benzene rings is 1. The molecule has 0 saturated carbocycles. The zero-order valence-electron chi connectivity index (χ0n) is 8.75. The van der Waals surface area contributed by atoms with Crippen molar-refractivity contribution in [3.05, 3.63) is 33.5 Å². The monoisotopic (exact) mass is 288 g/mol. The van der Waals surface area contributed by atoms with Crippen molar-refractivity contribution in [3.63, 3.8) is 0 Å². The molecule has 0 atom stereocenters. The molecular weight excluding hydrogens is 279 g/mol. The van der Waals surface area contributed by atoms with Crippen molar-refractivity contribution in [1.29, 1.82) is 0 Å². The summed E-state index contributed by atoms with van der Waals surface area (Å²) >= 11 is 2.96. The average Bonchev–Trinajstić information content (AvgIpc) is 2.20. The molecule has 0 spiro atoms. The molecule has 86 valence electrons. The fourth-order valence-corrected chi connectivity index (χ4v) is 1.76. The molecule has 1 aromatic rings. The number of halogens is 2. The molecule has 0 aliphatic heterocycles.